The van der Waals surface area contributed by atoms with Crippen LogP contribution in [0.5, 0.6) is 0 Å². The van der Waals surface area contributed by atoms with E-state index in [4.69, 9.17) is 0 Å². The fourth-order valence-corrected chi connectivity index (χ4v) is 8.41. The van der Waals surface area contributed by atoms with E-state index in [1.807, 2.05) is 0 Å². The van der Waals surface area contributed by atoms with Gasteiger partial charge in [0, 0.05) is 12.8 Å². The molecule has 2 aromatic carbocycles. The Hall–Kier alpha value is -2.46. The minimum atomic E-state index is -4.23. The van der Waals surface area contributed by atoms with Crippen molar-refractivity contribution < 1.29 is 16.8 Å². The maximum Gasteiger partial charge on any atom is 0.229 e. The van der Waals surface area contributed by atoms with Crippen LogP contribution >= 0.6 is 0 Å². The molecule has 2 aliphatic rings. The first kappa shape index (κ1) is 18.9. The molecule has 0 N–H and O–H groups in total. The summed E-state index contributed by atoms with van der Waals surface area (Å²) in [5.41, 5.74) is 0. The molecule has 0 radical (unpaired) electrons. The molecule has 2 aromatic rings. The number of benzene rings is 2. The van der Waals surface area contributed by atoms with E-state index in [-0.39, 0.29) is 35.7 Å². The summed E-state index contributed by atoms with van der Waals surface area (Å²) in [5, 5.41) is 15.9. The molecule has 2 aliphatic heterocycles. The molecule has 146 valence electrons. The first-order chi connectivity index (χ1) is 13.4. The zero-order valence-electron chi connectivity index (χ0n) is 14.8. The molecule has 0 fully saturated rings. The summed E-state index contributed by atoms with van der Waals surface area (Å²) >= 11 is 0. The number of nitrogens with zero attached hydrogens (tertiary/aromatic N) is 4. The van der Waals surface area contributed by atoms with Crippen molar-refractivity contribution >= 4 is 19.7 Å². The van der Waals surface area contributed by atoms with E-state index in [0.717, 1.165) is 0 Å². The lowest BCUT2D eigenvalue weighted by Gasteiger charge is -2.38. The van der Waals surface area contributed by atoms with Crippen LogP contribution in [0.15, 0.2) is 90.9 Å². The van der Waals surface area contributed by atoms with Crippen molar-refractivity contribution in [1.29, 1.82) is 0 Å². The van der Waals surface area contributed by atoms with Gasteiger partial charge in [0.15, 0.2) is 0 Å². The molecular formula is C18H18N4O4S2. The third-order valence-corrected chi connectivity index (χ3v) is 10.1. The van der Waals surface area contributed by atoms with E-state index in [1.165, 1.54) is 24.3 Å². The largest absolute Gasteiger partial charge is 0.229 e. The highest BCUT2D eigenvalue weighted by Gasteiger charge is 2.70. The van der Waals surface area contributed by atoms with Gasteiger partial charge < -0.3 is 0 Å². The number of hydrogen-bond acceptors (Lipinski definition) is 8. The molecule has 10 heteroatoms. The van der Waals surface area contributed by atoms with Gasteiger partial charge in [0.05, 0.1) is 22.9 Å². The van der Waals surface area contributed by atoms with E-state index in [1.54, 1.807) is 36.4 Å². The van der Waals surface area contributed by atoms with Gasteiger partial charge in [-0.1, -0.05) is 36.4 Å². The normalized spacial score (nSPS) is 27.3. The lowest BCUT2D eigenvalue weighted by atomic mass is 10.0. The van der Waals surface area contributed by atoms with E-state index >= 15 is 0 Å². The van der Waals surface area contributed by atoms with Crippen LogP contribution < -0.4 is 0 Å². The molecule has 28 heavy (non-hydrogen) atoms. The molecule has 0 saturated carbocycles. The van der Waals surface area contributed by atoms with Crippen LogP contribution in [0.25, 0.3) is 0 Å². The van der Waals surface area contributed by atoms with Crippen molar-refractivity contribution in [2.24, 2.45) is 20.5 Å². The lowest BCUT2D eigenvalue weighted by molar-refractivity contribution is 0.387. The van der Waals surface area contributed by atoms with Gasteiger partial charge in [0.25, 0.3) is 0 Å². The van der Waals surface area contributed by atoms with Crippen molar-refractivity contribution in [1.82, 2.24) is 0 Å². The predicted octanol–water partition coefficient (Wildman–Crippen LogP) is 3.04. The van der Waals surface area contributed by atoms with E-state index in [2.05, 4.69) is 20.5 Å². The zero-order chi connectivity index (χ0) is 19.9. The van der Waals surface area contributed by atoms with Gasteiger partial charge >= 0.3 is 0 Å². The molecule has 0 bridgehead atoms. The Balaban J connectivity index is 2.01. The van der Waals surface area contributed by atoms with E-state index in [9.17, 15) is 16.8 Å². The fraction of sp³-hybridized carbons (Fsp3) is 0.333. The van der Waals surface area contributed by atoms with Crippen molar-refractivity contribution in [2.45, 2.75) is 32.4 Å². The second kappa shape index (κ2) is 6.56. The lowest BCUT2D eigenvalue weighted by Crippen LogP contribution is -2.59. The third-order valence-electron chi connectivity index (χ3n) is 5.17. The molecular weight excluding hydrogens is 400 g/mol. The van der Waals surface area contributed by atoms with Crippen LogP contribution in [-0.2, 0) is 19.7 Å². The topological polar surface area (TPSA) is 118 Å². The molecule has 8 nitrogen and oxygen atoms in total. The van der Waals surface area contributed by atoms with Crippen LogP contribution in [0.3, 0.4) is 0 Å². The van der Waals surface area contributed by atoms with E-state index in [0.29, 0.717) is 0 Å². The highest BCUT2D eigenvalue weighted by atomic mass is 32.2. The highest BCUT2D eigenvalue weighted by molar-refractivity contribution is 7.97. The first-order valence-corrected chi connectivity index (χ1v) is 11.7. The van der Waals surface area contributed by atoms with Crippen molar-refractivity contribution in [3.63, 3.8) is 0 Å². The number of sulfone groups is 2. The molecule has 0 spiro atoms. The predicted molar refractivity (Wildman–Crippen MR) is 101 cm³/mol. The molecule has 0 unspecified atom stereocenters. The Morgan fingerprint density at radius 3 is 1.25 bits per heavy atom. The quantitative estimate of drug-likeness (QED) is 0.741. The van der Waals surface area contributed by atoms with Crippen molar-refractivity contribution in [2.75, 3.05) is 13.1 Å². The Labute approximate surface area is 163 Å². The molecule has 4 rings (SSSR count). The highest BCUT2D eigenvalue weighted by Crippen LogP contribution is 2.52. The minimum Gasteiger partial charge on any atom is -0.221 e. The summed E-state index contributed by atoms with van der Waals surface area (Å²) in [4.78, 5) is -4.15. The first-order valence-electron chi connectivity index (χ1n) is 8.74. The van der Waals surface area contributed by atoms with E-state index < -0.39 is 29.4 Å². The fourth-order valence-electron chi connectivity index (χ4n) is 3.76. The van der Waals surface area contributed by atoms with Gasteiger partial charge in [0.1, 0.15) is 0 Å². The van der Waals surface area contributed by atoms with Gasteiger partial charge in [-0.3, -0.25) is 0 Å². The molecule has 0 amide bonds. The Bertz CT molecular complexity index is 1060. The van der Waals surface area contributed by atoms with Crippen LogP contribution in [0, 0.1) is 0 Å². The average Bonchev–Trinajstić information content (AvgIpc) is 3.41. The molecule has 0 aromatic heterocycles. The summed E-state index contributed by atoms with van der Waals surface area (Å²) in [6.45, 7) is 0.210. The molecule has 2 heterocycles. The summed E-state index contributed by atoms with van der Waals surface area (Å²) < 4.78 is 54.8. The number of azo groups is 2. The van der Waals surface area contributed by atoms with Gasteiger partial charge in [0.2, 0.25) is 29.4 Å². The summed E-state index contributed by atoms with van der Waals surface area (Å²) in [7, 11) is -8.45. The Kier molecular flexibility index (Phi) is 4.42. The third kappa shape index (κ3) is 2.40. The van der Waals surface area contributed by atoms with Gasteiger partial charge in [-0.25, -0.2) is 16.8 Å². The van der Waals surface area contributed by atoms with Crippen molar-refractivity contribution in [3.8, 4) is 0 Å². The van der Waals surface area contributed by atoms with Crippen LogP contribution in [0.2, 0.25) is 0 Å². The smallest absolute Gasteiger partial charge is 0.221 e. The maximum atomic E-state index is 13.7. The summed E-state index contributed by atoms with van der Waals surface area (Å²) in [5.74, 6) is 0. The molecule has 2 atom stereocenters. The van der Waals surface area contributed by atoms with Gasteiger partial charge in [-0.05, 0) is 24.3 Å². The molecule has 0 aliphatic carbocycles. The number of rotatable bonds is 5. The van der Waals surface area contributed by atoms with Crippen molar-refractivity contribution in [3.05, 3.63) is 60.7 Å². The summed E-state index contributed by atoms with van der Waals surface area (Å²) in [6, 6.07) is 15.4. The van der Waals surface area contributed by atoms with Crippen LogP contribution in [-0.4, -0.2) is 39.7 Å². The van der Waals surface area contributed by atoms with Gasteiger partial charge in [-0.15, -0.1) is 0 Å². The average molecular weight is 419 g/mol. The van der Waals surface area contributed by atoms with Crippen LogP contribution in [0.1, 0.15) is 12.8 Å². The zero-order valence-corrected chi connectivity index (χ0v) is 16.5. The second-order valence-corrected chi connectivity index (χ2v) is 10.9. The number of hydrogen-bond donors (Lipinski definition) is 0. The van der Waals surface area contributed by atoms with Crippen LogP contribution in [0.4, 0.5) is 0 Å². The standard InChI is InChI=1S/C18H18N4O4S2/c23-27(24,15-7-3-1-4-8-15)17(11-13-19-21-17)18(12-14-20-22-18)28(25,26)16-9-5-2-6-10-16/h1-10H,11-14H2/t17-,18+. The SMILES string of the molecule is O=S(=O)(c1ccccc1)[C@@]1([C@@]2(S(=O)(=O)c3ccccc3)CCN=N2)CCN=N1. The minimum absolute atomic E-state index is 0.0133. The Morgan fingerprint density at radius 2 is 0.964 bits per heavy atom. The monoisotopic (exact) mass is 418 g/mol. The Morgan fingerprint density at radius 1 is 0.607 bits per heavy atom. The second-order valence-electron chi connectivity index (χ2n) is 6.63. The summed E-state index contributed by atoms with van der Waals surface area (Å²) in [6.07, 6.45) is -0.148. The van der Waals surface area contributed by atoms with Gasteiger partial charge in [-0.2, -0.15) is 20.5 Å². The molecule has 0 saturated heterocycles. The maximum absolute atomic E-state index is 13.7.